The highest BCUT2D eigenvalue weighted by atomic mass is 16.5. The summed E-state index contributed by atoms with van der Waals surface area (Å²) in [6.07, 6.45) is 5.46. The van der Waals surface area contributed by atoms with Crippen LogP contribution in [-0.4, -0.2) is 69.1 Å². The third-order valence-electron chi connectivity index (χ3n) is 6.43. The molecule has 1 aliphatic heterocycles. The lowest BCUT2D eigenvalue weighted by atomic mass is 9.97. The molecule has 2 aliphatic rings. The van der Waals surface area contributed by atoms with E-state index in [-0.39, 0.29) is 18.0 Å². The van der Waals surface area contributed by atoms with E-state index >= 15 is 0 Å². The topological polar surface area (TPSA) is 92.4 Å². The molecule has 1 aromatic rings. The largest absolute Gasteiger partial charge is 0.501 e. The molecule has 1 saturated heterocycles. The molecule has 2 N–H and O–H groups in total. The van der Waals surface area contributed by atoms with Gasteiger partial charge in [0, 0.05) is 57.4 Å². The van der Waals surface area contributed by atoms with Gasteiger partial charge in [0.15, 0.2) is 0 Å². The van der Waals surface area contributed by atoms with Crippen molar-refractivity contribution < 1.29 is 23.8 Å². The van der Waals surface area contributed by atoms with Crippen molar-refractivity contribution in [3.63, 3.8) is 0 Å². The SMILES string of the molecule is COC1=CC=C(NC(=O)N(C)C2(OC)CCN(C(=O)Nc3ccc(OC)cc3)CC2)C[C@H]1C. The van der Waals surface area contributed by atoms with E-state index in [1.54, 1.807) is 62.4 Å². The number of carbonyl (C=O) groups excluding carboxylic acids is 2. The van der Waals surface area contributed by atoms with Crippen LogP contribution < -0.4 is 15.4 Å². The molecule has 9 nitrogen and oxygen atoms in total. The first-order valence-electron chi connectivity index (χ1n) is 11.1. The second-order valence-corrected chi connectivity index (χ2v) is 8.36. The molecule has 0 aromatic heterocycles. The van der Waals surface area contributed by atoms with Crippen LogP contribution in [0.3, 0.4) is 0 Å². The Labute approximate surface area is 195 Å². The van der Waals surface area contributed by atoms with Gasteiger partial charge in [-0.3, -0.25) is 4.90 Å². The predicted molar refractivity (Wildman–Crippen MR) is 126 cm³/mol. The van der Waals surface area contributed by atoms with Gasteiger partial charge in [-0.05, 0) is 42.8 Å². The molecule has 3 rings (SSSR count). The minimum atomic E-state index is -0.782. The normalized spacial score (nSPS) is 19.7. The molecule has 1 heterocycles. The lowest BCUT2D eigenvalue weighted by Crippen LogP contribution is -2.60. The quantitative estimate of drug-likeness (QED) is 0.634. The number of nitrogens with one attached hydrogen (secondary N) is 2. The van der Waals surface area contributed by atoms with Crippen molar-refractivity contribution in [2.45, 2.75) is 31.9 Å². The summed E-state index contributed by atoms with van der Waals surface area (Å²) in [5, 5.41) is 5.89. The van der Waals surface area contributed by atoms with E-state index < -0.39 is 5.72 Å². The van der Waals surface area contributed by atoms with E-state index in [4.69, 9.17) is 14.2 Å². The number of nitrogens with zero attached hydrogens (tertiary/aromatic N) is 2. The number of likely N-dealkylation sites (tertiary alicyclic amines) is 1. The maximum absolute atomic E-state index is 13.0. The average molecular weight is 459 g/mol. The molecular weight excluding hydrogens is 424 g/mol. The number of benzene rings is 1. The van der Waals surface area contributed by atoms with Gasteiger partial charge >= 0.3 is 12.1 Å². The van der Waals surface area contributed by atoms with Crippen LogP contribution in [0, 0.1) is 5.92 Å². The van der Waals surface area contributed by atoms with E-state index in [1.807, 2.05) is 12.2 Å². The van der Waals surface area contributed by atoms with E-state index in [1.165, 1.54) is 0 Å². The Morgan fingerprint density at radius 1 is 1.03 bits per heavy atom. The fraction of sp³-hybridized carbons (Fsp3) is 0.500. The Hall–Kier alpha value is -3.20. The number of piperidine rings is 1. The maximum Gasteiger partial charge on any atom is 0.323 e. The first-order valence-corrected chi connectivity index (χ1v) is 11.1. The summed E-state index contributed by atoms with van der Waals surface area (Å²) in [5.41, 5.74) is 0.749. The summed E-state index contributed by atoms with van der Waals surface area (Å²) < 4.78 is 16.3. The highest BCUT2D eigenvalue weighted by Crippen LogP contribution is 2.30. The van der Waals surface area contributed by atoms with Gasteiger partial charge in [-0.2, -0.15) is 0 Å². The fourth-order valence-electron chi connectivity index (χ4n) is 4.23. The Kier molecular flexibility index (Phi) is 7.86. The van der Waals surface area contributed by atoms with Crippen molar-refractivity contribution in [1.29, 1.82) is 0 Å². The Morgan fingerprint density at radius 2 is 1.70 bits per heavy atom. The number of urea groups is 2. The Balaban J connectivity index is 1.57. The number of amides is 4. The maximum atomic E-state index is 13.0. The summed E-state index contributed by atoms with van der Waals surface area (Å²) in [4.78, 5) is 29.0. The summed E-state index contributed by atoms with van der Waals surface area (Å²) in [7, 11) is 6.59. The molecule has 0 bridgehead atoms. The van der Waals surface area contributed by atoms with Gasteiger partial charge in [-0.25, -0.2) is 9.59 Å². The van der Waals surface area contributed by atoms with Crippen LogP contribution in [0.25, 0.3) is 0 Å². The van der Waals surface area contributed by atoms with E-state index in [2.05, 4.69) is 17.6 Å². The van der Waals surface area contributed by atoms with Crippen molar-refractivity contribution >= 4 is 17.7 Å². The van der Waals surface area contributed by atoms with Gasteiger partial charge in [0.25, 0.3) is 0 Å². The van der Waals surface area contributed by atoms with Crippen LogP contribution in [0.1, 0.15) is 26.2 Å². The van der Waals surface area contributed by atoms with Crippen molar-refractivity contribution in [3.05, 3.63) is 47.9 Å². The number of methoxy groups -OCH3 is 3. The number of hydrogen-bond acceptors (Lipinski definition) is 5. The molecule has 1 atom stereocenters. The van der Waals surface area contributed by atoms with E-state index in [0.29, 0.717) is 38.0 Å². The zero-order chi connectivity index (χ0) is 24.0. The molecule has 180 valence electrons. The van der Waals surface area contributed by atoms with Crippen molar-refractivity contribution in [2.24, 2.45) is 5.92 Å². The standard InChI is InChI=1S/C24H34N4O5/c1-17-16-19(8-11-21(17)32-4)26-22(29)27(2)24(33-5)12-14-28(15-13-24)23(30)25-18-6-9-20(31-3)10-7-18/h6-11,17H,12-16H2,1-5H3,(H,25,30)(H,26,29)/t17-/m1/s1. The number of allylic oxidation sites excluding steroid dienone is 4. The summed E-state index contributed by atoms with van der Waals surface area (Å²) in [6, 6.07) is 6.76. The Bertz CT molecular complexity index is 904. The summed E-state index contributed by atoms with van der Waals surface area (Å²) >= 11 is 0. The molecule has 4 amide bonds. The second kappa shape index (κ2) is 10.6. The molecule has 9 heteroatoms. The highest BCUT2D eigenvalue weighted by Gasteiger charge is 2.42. The number of ether oxygens (including phenoxy) is 3. The molecule has 1 fully saturated rings. The van der Waals surface area contributed by atoms with E-state index in [0.717, 1.165) is 17.2 Å². The number of hydrogen-bond donors (Lipinski definition) is 2. The zero-order valence-corrected chi connectivity index (χ0v) is 20.0. The predicted octanol–water partition coefficient (Wildman–Crippen LogP) is 3.76. The van der Waals surface area contributed by atoms with Gasteiger partial charge in [-0.1, -0.05) is 6.92 Å². The lowest BCUT2D eigenvalue weighted by Gasteiger charge is -2.46. The smallest absolute Gasteiger partial charge is 0.323 e. The number of carbonyl (C=O) groups is 2. The monoisotopic (exact) mass is 458 g/mol. The fourth-order valence-corrected chi connectivity index (χ4v) is 4.23. The molecule has 0 unspecified atom stereocenters. The third kappa shape index (κ3) is 5.60. The zero-order valence-electron chi connectivity index (χ0n) is 20.0. The summed E-state index contributed by atoms with van der Waals surface area (Å²) in [6.45, 7) is 2.99. The van der Waals surface area contributed by atoms with Gasteiger partial charge < -0.3 is 29.7 Å². The number of rotatable bonds is 6. The molecule has 33 heavy (non-hydrogen) atoms. The summed E-state index contributed by atoms with van der Waals surface area (Å²) in [5.74, 6) is 1.82. The van der Waals surface area contributed by atoms with Gasteiger partial charge in [0.1, 0.15) is 11.5 Å². The van der Waals surface area contributed by atoms with Crippen molar-refractivity contribution in [3.8, 4) is 5.75 Å². The first kappa shape index (κ1) is 24.4. The van der Waals surface area contributed by atoms with Gasteiger partial charge in [0.05, 0.1) is 20.0 Å². The average Bonchev–Trinajstić information content (AvgIpc) is 2.84. The van der Waals surface area contributed by atoms with Crippen LogP contribution in [-0.2, 0) is 9.47 Å². The lowest BCUT2D eigenvalue weighted by molar-refractivity contribution is -0.131. The molecule has 0 saturated carbocycles. The minimum Gasteiger partial charge on any atom is -0.501 e. The van der Waals surface area contributed by atoms with Crippen LogP contribution >= 0.6 is 0 Å². The second-order valence-electron chi connectivity index (χ2n) is 8.36. The van der Waals surface area contributed by atoms with Crippen LogP contribution in [0.2, 0.25) is 0 Å². The Morgan fingerprint density at radius 3 is 2.24 bits per heavy atom. The van der Waals surface area contributed by atoms with Crippen LogP contribution in [0.4, 0.5) is 15.3 Å². The van der Waals surface area contributed by atoms with Gasteiger partial charge in [-0.15, -0.1) is 0 Å². The van der Waals surface area contributed by atoms with Crippen LogP contribution in [0.15, 0.2) is 47.9 Å². The van der Waals surface area contributed by atoms with Gasteiger partial charge in [0.2, 0.25) is 0 Å². The molecule has 1 aliphatic carbocycles. The van der Waals surface area contributed by atoms with Crippen molar-refractivity contribution in [2.75, 3.05) is 46.8 Å². The first-order chi connectivity index (χ1) is 15.8. The highest BCUT2D eigenvalue weighted by molar-refractivity contribution is 5.89. The number of anilines is 1. The molecular formula is C24H34N4O5. The molecule has 0 radical (unpaired) electrons. The van der Waals surface area contributed by atoms with Crippen molar-refractivity contribution in [1.82, 2.24) is 15.1 Å². The third-order valence-corrected chi connectivity index (χ3v) is 6.43. The minimum absolute atomic E-state index is 0.181. The van der Waals surface area contributed by atoms with Crippen LogP contribution in [0.5, 0.6) is 5.75 Å². The van der Waals surface area contributed by atoms with E-state index in [9.17, 15) is 9.59 Å². The molecule has 1 aromatic carbocycles. The molecule has 0 spiro atoms.